The number of fused-ring (bicyclic) bond motifs is 1. The number of nitrogens with one attached hydrogen (secondary N) is 1. The van der Waals surface area contributed by atoms with Crippen molar-refractivity contribution in [3.63, 3.8) is 0 Å². The van der Waals surface area contributed by atoms with Crippen LogP contribution in [0.2, 0.25) is 5.02 Å². The maximum atomic E-state index is 13.5. The molecule has 3 atom stereocenters. The van der Waals surface area contributed by atoms with Crippen molar-refractivity contribution in [2.75, 3.05) is 32.1 Å². The van der Waals surface area contributed by atoms with Crippen LogP contribution in [-0.4, -0.2) is 73.4 Å². The van der Waals surface area contributed by atoms with E-state index in [-0.39, 0.29) is 59.6 Å². The molecule has 1 saturated carbocycles. The predicted molar refractivity (Wildman–Crippen MR) is 140 cm³/mol. The third-order valence-electron chi connectivity index (χ3n) is 6.86. The maximum Gasteiger partial charge on any atom is 0.258 e. The molecule has 11 heteroatoms. The van der Waals surface area contributed by atoms with Crippen molar-refractivity contribution in [2.45, 2.75) is 43.7 Å². The Balaban J connectivity index is 1.70. The van der Waals surface area contributed by atoms with E-state index in [4.69, 9.17) is 16.3 Å². The highest BCUT2D eigenvalue weighted by molar-refractivity contribution is 7.89. The summed E-state index contributed by atoms with van der Waals surface area (Å²) < 4.78 is 34.1. The molecular weight excluding hydrogens is 518 g/mol. The molecule has 2 amide bonds. The molecule has 2 aromatic carbocycles. The molecule has 1 aliphatic heterocycles. The lowest BCUT2D eigenvalue weighted by molar-refractivity contribution is -0.117. The van der Waals surface area contributed by atoms with Gasteiger partial charge in [-0.15, -0.1) is 0 Å². The predicted octanol–water partition coefficient (Wildman–Crippen LogP) is 3.23. The van der Waals surface area contributed by atoms with Gasteiger partial charge in [0.2, 0.25) is 15.9 Å². The molecule has 0 saturated heterocycles. The van der Waals surface area contributed by atoms with Gasteiger partial charge in [0.15, 0.2) is 5.75 Å². The van der Waals surface area contributed by atoms with Crippen LogP contribution in [0.15, 0.2) is 47.4 Å². The van der Waals surface area contributed by atoms with Crippen LogP contribution in [0, 0.1) is 11.8 Å². The molecule has 37 heavy (non-hydrogen) atoms. The summed E-state index contributed by atoms with van der Waals surface area (Å²) in [6.45, 7) is 3.62. The van der Waals surface area contributed by atoms with E-state index in [2.05, 4.69) is 5.32 Å². The van der Waals surface area contributed by atoms with Crippen LogP contribution in [0.3, 0.4) is 0 Å². The Bertz CT molecular complexity index is 1270. The zero-order valence-electron chi connectivity index (χ0n) is 21.1. The number of hydrogen-bond acceptors (Lipinski definition) is 6. The molecule has 1 aliphatic carbocycles. The van der Waals surface area contributed by atoms with Gasteiger partial charge in [-0.25, -0.2) is 8.42 Å². The van der Waals surface area contributed by atoms with Crippen LogP contribution in [0.5, 0.6) is 5.75 Å². The zero-order chi connectivity index (χ0) is 26.9. The maximum absolute atomic E-state index is 13.5. The fourth-order valence-electron chi connectivity index (χ4n) is 4.28. The summed E-state index contributed by atoms with van der Waals surface area (Å²) in [6, 6.07) is 10.4. The van der Waals surface area contributed by atoms with Crippen molar-refractivity contribution in [3.05, 3.63) is 53.1 Å². The Morgan fingerprint density at radius 3 is 2.54 bits per heavy atom. The highest BCUT2D eigenvalue weighted by Crippen LogP contribution is 2.37. The fourth-order valence-corrected chi connectivity index (χ4v) is 5.59. The van der Waals surface area contributed by atoms with Crippen molar-refractivity contribution in [1.82, 2.24) is 9.21 Å². The van der Waals surface area contributed by atoms with Crippen LogP contribution in [0.1, 0.15) is 37.0 Å². The fraction of sp³-hybridized carbons (Fsp3) is 0.462. The van der Waals surface area contributed by atoms with Crippen LogP contribution in [0.4, 0.5) is 5.69 Å². The van der Waals surface area contributed by atoms with Crippen molar-refractivity contribution < 1.29 is 27.9 Å². The second-order valence-electron chi connectivity index (χ2n) is 9.81. The van der Waals surface area contributed by atoms with Gasteiger partial charge in [0.25, 0.3) is 5.91 Å². The first-order chi connectivity index (χ1) is 17.5. The van der Waals surface area contributed by atoms with Gasteiger partial charge in [-0.3, -0.25) is 9.59 Å². The molecule has 0 radical (unpaired) electrons. The summed E-state index contributed by atoms with van der Waals surface area (Å²) in [5.41, 5.74) is 0.607. The number of carbonyl (C=O) groups excluding carboxylic acids is 2. The summed E-state index contributed by atoms with van der Waals surface area (Å²) in [5, 5.41) is 13.1. The van der Waals surface area contributed by atoms with E-state index in [0.29, 0.717) is 10.7 Å². The number of carbonyl (C=O) groups is 2. The smallest absolute Gasteiger partial charge is 0.258 e. The summed E-state index contributed by atoms with van der Waals surface area (Å²) >= 11 is 5.93. The number of aliphatic hydroxyl groups is 1. The standard InChI is InChI=1S/C26H32ClN3O6S/c1-16-13-30(17(2)15-31)26(33)21-5-4-6-22(28-25(32)18-7-8-18)24(21)36-23(16)14-29(3)37(34,35)20-11-9-19(27)10-12-20/h4-6,9-12,16-18,23,31H,7-8,13-15H2,1-3H3,(H,28,32)/t16-,17+,23+/m1/s1. The number of anilines is 1. The Kier molecular flexibility index (Phi) is 8.13. The molecular formula is C26H32ClN3O6S. The Morgan fingerprint density at radius 1 is 1.24 bits per heavy atom. The second kappa shape index (κ2) is 11.0. The monoisotopic (exact) mass is 549 g/mol. The molecule has 0 bridgehead atoms. The molecule has 1 fully saturated rings. The normalized spacial score (nSPS) is 21.0. The van der Waals surface area contributed by atoms with Gasteiger partial charge in [-0.2, -0.15) is 4.31 Å². The molecule has 2 aromatic rings. The molecule has 1 heterocycles. The van der Waals surface area contributed by atoms with Crippen LogP contribution < -0.4 is 10.1 Å². The Hall–Kier alpha value is -2.66. The van der Waals surface area contributed by atoms with E-state index in [9.17, 15) is 23.1 Å². The van der Waals surface area contributed by atoms with Crippen molar-refractivity contribution in [2.24, 2.45) is 11.8 Å². The van der Waals surface area contributed by atoms with Gasteiger partial charge >= 0.3 is 0 Å². The zero-order valence-corrected chi connectivity index (χ0v) is 22.6. The minimum Gasteiger partial charge on any atom is -0.486 e. The Labute approximate surface area is 222 Å². The molecule has 200 valence electrons. The van der Waals surface area contributed by atoms with Crippen LogP contribution >= 0.6 is 11.6 Å². The van der Waals surface area contributed by atoms with E-state index >= 15 is 0 Å². The SMILES string of the molecule is C[C@@H]1CN([C@@H](C)CO)C(=O)c2cccc(NC(=O)C3CC3)c2O[C@H]1CN(C)S(=O)(=O)c1ccc(Cl)cc1. The molecule has 2 N–H and O–H groups in total. The average molecular weight is 550 g/mol. The van der Waals surface area contributed by atoms with Crippen LogP contribution in [0.25, 0.3) is 0 Å². The first-order valence-electron chi connectivity index (χ1n) is 12.3. The van der Waals surface area contributed by atoms with E-state index in [1.807, 2.05) is 6.92 Å². The highest BCUT2D eigenvalue weighted by Gasteiger charge is 2.37. The topological polar surface area (TPSA) is 116 Å². The van der Waals surface area contributed by atoms with Gasteiger partial charge in [0, 0.05) is 30.5 Å². The van der Waals surface area contributed by atoms with E-state index in [0.717, 1.165) is 12.8 Å². The third-order valence-corrected chi connectivity index (χ3v) is 8.95. The summed E-state index contributed by atoms with van der Waals surface area (Å²) in [7, 11) is -2.38. The number of nitrogens with zero attached hydrogens (tertiary/aromatic N) is 2. The van der Waals surface area contributed by atoms with E-state index in [1.54, 1.807) is 30.0 Å². The average Bonchev–Trinajstić information content (AvgIpc) is 3.72. The van der Waals surface area contributed by atoms with Crippen molar-refractivity contribution in [1.29, 1.82) is 0 Å². The Morgan fingerprint density at radius 2 is 1.92 bits per heavy atom. The molecule has 0 aromatic heterocycles. The number of hydrogen-bond donors (Lipinski definition) is 2. The third kappa shape index (κ3) is 5.93. The van der Waals surface area contributed by atoms with Crippen molar-refractivity contribution in [3.8, 4) is 5.75 Å². The molecule has 0 unspecified atom stereocenters. The van der Waals surface area contributed by atoms with Crippen molar-refractivity contribution >= 4 is 39.1 Å². The highest BCUT2D eigenvalue weighted by atomic mass is 35.5. The van der Waals surface area contributed by atoms with Gasteiger partial charge in [0.05, 0.1) is 35.3 Å². The van der Waals surface area contributed by atoms with Gasteiger partial charge in [-0.05, 0) is 56.2 Å². The first-order valence-corrected chi connectivity index (χ1v) is 14.1. The molecule has 9 nitrogen and oxygen atoms in total. The lowest BCUT2D eigenvalue weighted by Crippen LogP contribution is -2.50. The lowest BCUT2D eigenvalue weighted by Gasteiger charge is -2.38. The molecule has 4 rings (SSSR count). The number of para-hydroxylation sites is 1. The lowest BCUT2D eigenvalue weighted by atomic mass is 9.99. The van der Waals surface area contributed by atoms with Crippen LogP contribution in [-0.2, 0) is 14.8 Å². The number of benzene rings is 2. The number of likely N-dealkylation sites (N-methyl/N-ethyl adjacent to an activating group) is 1. The number of aliphatic hydroxyl groups excluding tert-OH is 1. The van der Waals surface area contributed by atoms with Gasteiger partial charge < -0.3 is 20.1 Å². The van der Waals surface area contributed by atoms with E-state index in [1.165, 1.54) is 35.6 Å². The summed E-state index contributed by atoms with van der Waals surface area (Å²) in [6.07, 6.45) is 0.969. The molecule has 0 spiro atoms. The summed E-state index contributed by atoms with van der Waals surface area (Å²) in [4.78, 5) is 27.8. The minimum absolute atomic E-state index is 0.00793. The minimum atomic E-state index is -3.85. The quantitative estimate of drug-likeness (QED) is 0.522. The largest absolute Gasteiger partial charge is 0.486 e. The number of ether oxygens (including phenoxy) is 1. The number of amides is 2. The second-order valence-corrected chi connectivity index (χ2v) is 12.3. The number of sulfonamides is 1. The molecule has 2 aliphatic rings. The van der Waals surface area contributed by atoms with Gasteiger partial charge in [0.1, 0.15) is 6.10 Å². The summed E-state index contributed by atoms with van der Waals surface area (Å²) in [5.74, 6) is -0.631. The van der Waals surface area contributed by atoms with Gasteiger partial charge in [-0.1, -0.05) is 24.6 Å². The number of rotatable bonds is 8. The number of halogens is 1. The first kappa shape index (κ1) is 27.4. The van der Waals surface area contributed by atoms with E-state index < -0.39 is 22.2 Å².